The van der Waals surface area contributed by atoms with E-state index in [9.17, 15) is 4.79 Å². The minimum atomic E-state index is -0.245. The van der Waals surface area contributed by atoms with Crippen LogP contribution >= 0.6 is 0 Å². The lowest BCUT2D eigenvalue weighted by molar-refractivity contribution is -0.108. The quantitative estimate of drug-likeness (QED) is 0.463. The monoisotopic (exact) mass is 86.1 g/mol. The molecule has 1 unspecified atom stereocenters. The highest BCUT2D eigenvalue weighted by atomic mass is 16.1. The molecule has 0 aliphatic rings. The van der Waals surface area contributed by atoms with Gasteiger partial charge < -0.3 is 10.1 Å². The second-order valence-corrected chi connectivity index (χ2v) is 1.03. The number of rotatable bonds is 2. The molecule has 0 heterocycles. The lowest BCUT2D eigenvalue weighted by Crippen LogP contribution is -2.22. The maximum absolute atomic E-state index is 9.61. The molecule has 0 aromatic rings. The molecule has 6 heavy (non-hydrogen) atoms. The van der Waals surface area contributed by atoms with Crippen molar-refractivity contribution in [2.45, 2.75) is 6.04 Å². The summed E-state index contributed by atoms with van der Waals surface area (Å²) in [5.74, 6) is 0. The van der Waals surface area contributed by atoms with Crippen LogP contribution in [0.5, 0.6) is 0 Å². The summed E-state index contributed by atoms with van der Waals surface area (Å²) in [6.07, 6.45) is 0.750. The Morgan fingerprint density at radius 3 is 2.50 bits per heavy atom. The maximum atomic E-state index is 9.61. The number of carbonyl (C=O) groups excluding carboxylic acids is 1. The Labute approximate surface area is 37.5 Å². The van der Waals surface area contributed by atoms with E-state index in [4.69, 9.17) is 0 Å². The fourth-order valence-corrected chi connectivity index (χ4v) is 0.0680. The summed E-state index contributed by atoms with van der Waals surface area (Å²) in [5.41, 5.74) is 0. The van der Waals surface area contributed by atoms with Gasteiger partial charge in [-0.1, -0.05) is 0 Å². The highest BCUT2D eigenvalue weighted by Gasteiger charge is 1.87. The summed E-state index contributed by atoms with van der Waals surface area (Å²) in [6, 6.07) is -0.245. The van der Waals surface area contributed by atoms with Gasteiger partial charge in [-0.15, -0.1) is 0 Å². The summed E-state index contributed by atoms with van der Waals surface area (Å²) >= 11 is 0. The van der Waals surface area contributed by atoms with Crippen molar-refractivity contribution in [3.63, 3.8) is 0 Å². The largest absolute Gasteiger partial charge is 0.311 e. The van der Waals surface area contributed by atoms with Gasteiger partial charge in [-0.3, -0.25) is 0 Å². The topological polar surface area (TPSA) is 29.1 Å². The van der Waals surface area contributed by atoms with Crippen LogP contribution in [0, 0.1) is 6.92 Å². The first-order valence-electron chi connectivity index (χ1n) is 1.77. The van der Waals surface area contributed by atoms with E-state index in [1.165, 1.54) is 0 Å². The van der Waals surface area contributed by atoms with Crippen molar-refractivity contribution in [1.82, 2.24) is 5.32 Å². The first kappa shape index (κ1) is 5.63. The molecule has 0 aromatic carbocycles. The molecule has 1 N–H and O–H groups in total. The van der Waals surface area contributed by atoms with Gasteiger partial charge in [0.1, 0.15) is 6.29 Å². The summed E-state index contributed by atoms with van der Waals surface area (Å²) in [7, 11) is 1.69. The molecule has 1 atom stereocenters. The van der Waals surface area contributed by atoms with Gasteiger partial charge >= 0.3 is 0 Å². The van der Waals surface area contributed by atoms with Gasteiger partial charge in [0, 0.05) is 0 Å². The van der Waals surface area contributed by atoms with E-state index in [1.807, 2.05) is 0 Å². The number of carbonyl (C=O) groups is 1. The van der Waals surface area contributed by atoms with Crippen molar-refractivity contribution >= 4 is 6.29 Å². The molecule has 35 valence electrons. The summed E-state index contributed by atoms with van der Waals surface area (Å²) in [4.78, 5) is 9.61. The van der Waals surface area contributed by atoms with Crippen molar-refractivity contribution in [2.75, 3.05) is 7.05 Å². The third-order valence-electron chi connectivity index (χ3n) is 0.535. The smallest absolute Gasteiger partial charge is 0.136 e. The van der Waals surface area contributed by atoms with E-state index in [0.717, 1.165) is 6.29 Å². The summed E-state index contributed by atoms with van der Waals surface area (Å²) in [5, 5.41) is 2.64. The fraction of sp³-hybridized carbons (Fsp3) is 0.500. The Morgan fingerprint density at radius 2 is 2.50 bits per heavy atom. The first-order chi connectivity index (χ1) is 2.81. The number of hydrogen-bond acceptors (Lipinski definition) is 2. The number of nitrogens with one attached hydrogen (secondary N) is 1. The molecule has 0 fully saturated rings. The Balaban J connectivity index is 2.96. The second kappa shape index (κ2) is 2.85. The van der Waals surface area contributed by atoms with E-state index in [2.05, 4.69) is 12.2 Å². The van der Waals surface area contributed by atoms with Crippen LogP contribution in [0.4, 0.5) is 0 Å². The van der Waals surface area contributed by atoms with Gasteiger partial charge in [0.25, 0.3) is 0 Å². The van der Waals surface area contributed by atoms with E-state index in [0.29, 0.717) is 0 Å². The molecule has 0 amide bonds. The third-order valence-corrected chi connectivity index (χ3v) is 0.535. The number of hydrogen-bond donors (Lipinski definition) is 1. The van der Waals surface area contributed by atoms with Crippen LogP contribution in [0.25, 0.3) is 0 Å². The summed E-state index contributed by atoms with van der Waals surface area (Å²) < 4.78 is 0. The molecule has 0 saturated heterocycles. The molecule has 2 nitrogen and oxygen atoms in total. The number of likely N-dealkylation sites (N-methyl/N-ethyl adjacent to an activating group) is 1. The molecule has 0 bridgehead atoms. The van der Waals surface area contributed by atoms with Crippen LogP contribution in [0.15, 0.2) is 0 Å². The van der Waals surface area contributed by atoms with Crippen molar-refractivity contribution < 1.29 is 4.79 Å². The molecule has 2 heteroatoms. The Hall–Kier alpha value is -0.370. The minimum absolute atomic E-state index is 0.245. The van der Waals surface area contributed by atoms with E-state index in [1.54, 1.807) is 7.05 Å². The Bertz CT molecular complexity index is 44.8. The molecule has 0 aromatic heterocycles. The zero-order chi connectivity index (χ0) is 4.99. The van der Waals surface area contributed by atoms with Gasteiger partial charge in [0.05, 0.1) is 6.04 Å². The highest BCUT2D eigenvalue weighted by Crippen LogP contribution is 1.62. The SMILES string of the molecule is [CH2]C(C=O)NC. The fourth-order valence-electron chi connectivity index (χ4n) is 0.0680. The van der Waals surface area contributed by atoms with Crippen LogP contribution < -0.4 is 5.32 Å². The first-order valence-corrected chi connectivity index (χ1v) is 1.77. The maximum Gasteiger partial charge on any atom is 0.136 e. The lowest BCUT2D eigenvalue weighted by Gasteiger charge is -1.93. The van der Waals surface area contributed by atoms with Crippen molar-refractivity contribution in [2.24, 2.45) is 0 Å². The predicted molar refractivity (Wildman–Crippen MR) is 24.3 cm³/mol. The van der Waals surface area contributed by atoms with Crippen LogP contribution in [-0.4, -0.2) is 19.4 Å². The standard InChI is InChI=1S/C4H8NO/c1-4(3-6)5-2/h3-5H,1H2,2H3. The second-order valence-electron chi connectivity index (χ2n) is 1.03. The lowest BCUT2D eigenvalue weighted by atomic mass is 10.4. The molecule has 0 aliphatic heterocycles. The zero-order valence-electron chi connectivity index (χ0n) is 3.77. The van der Waals surface area contributed by atoms with Crippen LogP contribution in [0.3, 0.4) is 0 Å². The van der Waals surface area contributed by atoms with Gasteiger partial charge in [-0.2, -0.15) is 0 Å². The van der Waals surface area contributed by atoms with Crippen molar-refractivity contribution in [1.29, 1.82) is 0 Å². The highest BCUT2D eigenvalue weighted by molar-refractivity contribution is 5.58. The van der Waals surface area contributed by atoms with Crippen LogP contribution in [0.2, 0.25) is 0 Å². The van der Waals surface area contributed by atoms with E-state index < -0.39 is 0 Å². The average molecular weight is 86.1 g/mol. The van der Waals surface area contributed by atoms with Gasteiger partial charge in [0.15, 0.2) is 0 Å². The van der Waals surface area contributed by atoms with E-state index >= 15 is 0 Å². The molecule has 1 radical (unpaired) electrons. The Kier molecular flexibility index (Phi) is 2.67. The van der Waals surface area contributed by atoms with Gasteiger partial charge in [0.2, 0.25) is 0 Å². The van der Waals surface area contributed by atoms with Crippen molar-refractivity contribution in [3.05, 3.63) is 6.92 Å². The normalized spacial score (nSPS) is 13.7. The number of aldehydes is 1. The Morgan fingerprint density at radius 1 is 2.00 bits per heavy atom. The zero-order valence-corrected chi connectivity index (χ0v) is 3.77. The molecular formula is C4H8NO. The van der Waals surface area contributed by atoms with Crippen molar-refractivity contribution in [3.8, 4) is 0 Å². The third kappa shape index (κ3) is 1.91. The molecule has 0 rings (SSSR count). The molecule has 0 spiro atoms. The van der Waals surface area contributed by atoms with Gasteiger partial charge in [-0.05, 0) is 14.0 Å². The molecular weight excluding hydrogens is 78.0 g/mol. The predicted octanol–water partition coefficient (Wildman–Crippen LogP) is -0.393. The van der Waals surface area contributed by atoms with Crippen LogP contribution in [0.1, 0.15) is 0 Å². The average Bonchev–Trinajstić information content (AvgIpc) is 1.65. The van der Waals surface area contributed by atoms with Gasteiger partial charge in [-0.25, -0.2) is 0 Å². The van der Waals surface area contributed by atoms with Crippen LogP contribution in [-0.2, 0) is 4.79 Å². The molecule has 0 aliphatic carbocycles. The minimum Gasteiger partial charge on any atom is -0.311 e. The van der Waals surface area contributed by atoms with E-state index in [-0.39, 0.29) is 6.04 Å². The summed E-state index contributed by atoms with van der Waals surface area (Å²) in [6.45, 7) is 3.40. The molecule has 0 saturated carbocycles.